The summed E-state index contributed by atoms with van der Waals surface area (Å²) in [5, 5.41) is 23.2. The van der Waals surface area contributed by atoms with Gasteiger partial charge in [0.05, 0.1) is 4.90 Å². The molecule has 0 saturated heterocycles. The van der Waals surface area contributed by atoms with Crippen LogP contribution in [0.4, 0.5) is 0 Å². The second kappa shape index (κ2) is 6.69. The maximum Gasteiger partial charge on any atom is 0.230 e. The maximum absolute atomic E-state index is 12.0. The van der Waals surface area contributed by atoms with E-state index in [1.807, 2.05) is 6.92 Å². The minimum Gasteiger partial charge on any atom is -0.784 e. The molecule has 0 aliphatic carbocycles. The van der Waals surface area contributed by atoms with Gasteiger partial charge in [0.1, 0.15) is 0 Å². The highest BCUT2D eigenvalue weighted by molar-refractivity contribution is 8.72. The van der Waals surface area contributed by atoms with Crippen molar-refractivity contribution in [2.75, 3.05) is 19.8 Å². The topological polar surface area (TPSA) is 86.7 Å². The quantitative estimate of drug-likeness (QED) is 0.448. The van der Waals surface area contributed by atoms with Crippen LogP contribution in [-0.4, -0.2) is 44.6 Å². The van der Waals surface area contributed by atoms with E-state index in [2.05, 4.69) is 0 Å². The van der Waals surface area contributed by atoms with E-state index in [0.717, 1.165) is 5.56 Å². The largest absolute Gasteiger partial charge is 0.784 e. The molecule has 0 aliphatic heterocycles. The highest BCUT2D eigenvalue weighted by Gasteiger charge is 2.18. The summed E-state index contributed by atoms with van der Waals surface area (Å²) in [6.07, 6.45) is -1.02. The summed E-state index contributed by atoms with van der Waals surface area (Å²) >= 11 is 0. The highest BCUT2D eigenvalue weighted by Crippen LogP contribution is 2.25. The van der Waals surface area contributed by atoms with Gasteiger partial charge >= 0.3 is 0 Å². The predicted octanol–water partition coefficient (Wildman–Crippen LogP) is 1.60. The average molecular weight is 304 g/mol. The number of nitrogens with zero attached hydrogens (tertiary/aromatic N) is 2. The molecule has 8 heteroatoms. The Labute approximate surface area is 116 Å². The molecule has 19 heavy (non-hydrogen) atoms. The Hall–Kier alpha value is -0.640. The first kappa shape index (κ1) is 16.4. The summed E-state index contributed by atoms with van der Waals surface area (Å²) in [5.41, 5.74) is 0.959. The van der Waals surface area contributed by atoms with Crippen LogP contribution < -0.4 is 0 Å². The molecule has 108 valence electrons. The fourth-order valence-electron chi connectivity index (χ4n) is 1.36. The van der Waals surface area contributed by atoms with E-state index in [1.54, 1.807) is 12.1 Å². The van der Waals surface area contributed by atoms with Crippen LogP contribution in [0.2, 0.25) is 0 Å². The molecule has 0 amide bonds. The lowest BCUT2D eigenvalue weighted by molar-refractivity contribution is 0.194. The number of hydrogen-bond acceptors (Lipinski definition) is 7. The molecule has 1 rings (SSSR count). The fraction of sp³-hybridized carbons (Fsp3) is 0.455. The molecular formula is C11H16N2O4S2-2. The highest BCUT2D eigenvalue weighted by atomic mass is 33.1. The normalized spacial score (nSPS) is 12.6. The van der Waals surface area contributed by atoms with Gasteiger partial charge in [-0.15, -0.1) is 0 Å². The van der Waals surface area contributed by atoms with E-state index in [0.29, 0.717) is 20.9 Å². The van der Waals surface area contributed by atoms with Crippen molar-refractivity contribution in [1.82, 2.24) is 10.1 Å². The maximum atomic E-state index is 12.0. The third kappa shape index (κ3) is 4.75. The summed E-state index contributed by atoms with van der Waals surface area (Å²) in [7, 11) is -0.577. The minimum atomic E-state index is -3.55. The van der Waals surface area contributed by atoms with Crippen molar-refractivity contribution < 1.29 is 8.42 Å². The summed E-state index contributed by atoms with van der Waals surface area (Å²) in [5.74, 6) is -0.115. The van der Waals surface area contributed by atoms with Crippen LogP contribution in [0.25, 0.3) is 0 Å². The number of hydrogen-bond donors (Lipinski definition) is 0. The molecule has 0 aliphatic rings. The molecule has 0 saturated carbocycles. The molecule has 0 aromatic heterocycles. The fourth-order valence-corrected chi connectivity index (χ4v) is 4.33. The number of aryl methyl sites for hydroxylation is 1. The van der Waals surface area contributed by atoms with Gasteiger partial charge in [-0.3, -0.25) is 0 Å². The summed E-state index contributed by atoms with van der Waals surface area (Å²) in [6.45, 7) is 1.86. The molecular weight excluding hydrogens is 288 g/mol. The molecule has 1 aromatic rings. The first-order valence-electron chi connectivity index (χ1n) is 5.50. The Bertz CT molecular complexity index is 492. The standard InChI is InChI=1S/C11H16N2O4S2/c1-9-4-6-10(7-5-9)19(16,17)18-8-11(12(2)14)13(3)15/h4-7,11H,8H2,1-3H3/q-2. The Morgan fingerprint density at radius 3 is 2.05 bits per heavy atom. The molecule has 1 aromatic carbocycles. The van der Waals surface area contributed by atoms with Crippen LogP contribution in [0, 0.1) is 17.3 Å². The number of hydroxylamine groups is 4. The van der Waals surface area contributed by atoms with Gasteiger partial charge in [0.15, 0.2) is 0 Å². The molecule has 0 heterocycles. The van der Waals surface area contributed by atoms with Crippen molar-refractivity contribution in [2.45, 2.75) is 18.0 Å². The van der Waals surface area contributed by atoms with E-state index in [1.165, 1.54) is 26.2 Å². The van der Waals surface area contributed by atoms with Gasteiger partial charge < -0.3 is 20.5 Å². The van der Waals surface area contributed by atoms with E-state index >= 15 is 0 Å². The Balaban J connectivity index is 2.78. The molecule has 0 fully saturated rings. The van der Waals surface area contributed by atoms with Crippen molar-refractivity contribution in [1.29, 1.82) is 0 Å². The van der Waals surface area contributed by atoms with Gasteiger partial charge in [-0.1, -0.05) is 17.7 Å². The molecule has 0 atom stereocenters. The molecule has 0 bridgehead atoms. The van der Waals surface area contributed by atoms with Crippen molar-refractivity contribution >= 4 is 19.7 Å². The smallest absolute Gasteiger partial charge is 0.230 e. The van der Waals surface area contributed by atoms with Gasteiger partial charge in [-0.05, 0) is 43.9 Å². The first-order chi connectivity index (χ1) is 8.74. The Kier molecular flexibility index (Phi) is 5.78. The minimum absolute atomic E-state index is 0.115. The predicted molar refractivity (Wildman–Crippen MR) is 76.9 cm³/mol. The lowest BCUT2D eigenvalue weighted by Crippen LogP contribution is -2.40. The third-order valence-corrected chi connectivity index (χ3v) is 6.03. The van der Waals surface area contributed by atoms with Crippen LogP contribution in [-0.2, 0) is 8.87 Å². The monoisotopic (exact) mass is 304 g/mol. The van der Waals surface area contributed by atoms with Gasteiger partial charge in [0.2, 0.25) is 8.87 Å². The van der Waals surface area contributed by atoms with Gasteiger partial charge in [-0.25, -0.2) is 8.42 Å². The second-order valence-corrected chi connectivity index (χ2v) is 8.10. The zero-order valence-electron chi connectivity index (χ0n) is 10.9. The van der Waals surface area contributed by atoms with Crippen molar-refractivity contribution in [2.24, 2.45) is 0 Å². The SMILES string of the molecule is Cc1ccc(S(=O)(=O)SCC(N(C)[O-])N(C)[O-])cc1. The lowest BCUT2D eigenvalue weighted by atomic mass is 10.2. The zero-order valence-corrected chi connectivity index (χ0v) is 12.6. The zero-order chi connectivity index (χ0) is 14.6. The van der Waals surface area contributed by atoms with Crippen molar-refractivity contribution in [3.63, 3.8) is 0 Å². The molecule has 0 spiro atoms. The lowest BCUT2D eigenvalue weighted by Gasteiger charge is -2.42. The summed E-state index contributed by atoms with van der Waals surface area (Å²) in [4.78, 5) is 0.170. The van der Waals surface area contributed by atoms with Crippen molar-refractivity contribution in [3.05, 3.63) is 40.2 Å². The van der Waals surface area contributed by atoms with Crippen molar-refractivity contribution in [3.8, 4) is 0 Å². The second-order valence-electron chi connectivity index (χ2n) is 4.12. The van der Waals surface area contributed by atoms with Gasteiger partial charge in [0.25, 0.3) is 0 Å². The van der Waals surface area contributed by atoms with Gasteiger partial charge in [-0.2, -0.15) is 0 Å². The van der Waals surface area contributed by atoms with E-state index < -0.39 is 15.0 Å². The average Bonchev–Trinajstić information content (AvgIpc) is 2.28. The Morgan fingerprint density at radius 1 is 1.16 bits per heavy atom. The first-order valence-corrected chi connectivity index (χ1v) is 8.48. The number of rotatable bonds is 6. The summed E-state index contributed by atoms with van der Waals surface area (Å²) in [6, 6.07) is 6.41. The Morgan fingerprint density at radius 2 is 1.63 bits per heavy atom. The third-order valence-electron chi connectivity index (χ3n) is 2.52. The van der Waals surface area contributed by atoms with Crippen LogP contribution in [0.1, 0.15) is 5.56 Å². The van der Waals surface area contributed by atoms with Crippen LogP contribution in [0.5, 0.6) is 0 Å². The molecule has 0 unspecified atom stereocenters. The van der Waals surface area contributed by atoms with Crippen LogP contribution >= 0.6 is 10.8 Å². The molecule has 0 N–H and O–H groups in total. The van der Waals surface area contributed by atoms with E-state index in [4.69, 9.17) is 0 Å². The summed E-state index contributed by atoms with van der Waals surface area (Å²) < 4.78 is 24.0. The van der Waals surface area contributed by atoms with E-state index in [-0.39, 0.29) is 10.6 Å². The number of benzene rings is 1. The van der Waals surface area contributed by atoms with E-state index in [9.17, 15) is 18.8 Å². The van der Waals surface area contributed by atoms with Crippen LogP contribution in [0.15, 0.2) is 29.2 Å². The van der Waals surface area contributed by atoms with Gasteiger partial charge in [0, 0.05) is 11.9 Å². The van der Waals surface area contributed by atoms with Crippen LogP contribution in [0.3, 0.4) is 0 Å². The molecule has 6 nitrogen and oxygen atoms in total. The molecule has 0 radical (unpaired) electrons.